The average Bonchev–Trinajstić information content (AvgIpc) is 2.97. The molecule has 0 saturated heterocycles. The maximum Gasteiger partial charge on any atom is 0.373 e. The smallest absolute Gasteiger partial charge is 0.373 e. The van der Waals surface area contributed by atoms with Crippen LogP contribution in [0.5, 0.6) is 0 Å². The minimum Gasteiger partial charge on any atom is -0.463 e. The van der Waals surface area contributed by atoms with E-state index in [9.17, 15) is 4.79 Å². The van der Waals surface area contributed by atoms with E-state index >= 15 is 0 Å². The molecule has 112 valence electrons. The molecule has 0 amide bonds. The molecular formula is C16H25NO3. The number of carbonyl (C=O) groups is 1. The number of methoxy groups -OCH3 is 1. The zero-order chi connectivity index (χ0) is 14.5. The lowest BCUT2D eigenvalue weighted by Gasteiger charge is -2.33. The van der Waals surface area contributed by atoms with E-state index in [4.69, 9.17) is 4.42 Å². The molecule has 0 aromatic carbocycles. The number of rotatable bonds is 5. The first-order valence-electron chi connectivity index (χ1n) is 7.59. The van der Waals surface area contributed by atoms with Crippen molar-refractivity contribution in [3.05, 3.63) is 23.7 Å². The topological polar surface area (TPSA) is 51.5 Å². The summed E-state index contributed by atoms with van der Waals surface area (Å²) >= 11 is 0. The Morgan fingerprint density at radius 1 is 1.45 bits per heavy atom. The molecular weight excluding hydrogens is 254 g/mol. The third-order valence-electron chi connectivity index (χ3n) is 4.34. The Morgan fingerprint density at radius 2 is 2.20 bits per heavy atom. The number of hydrogen-bond donors (Lipinski definition) is 1. The molecule has 4 nitrogen and oxygen atoms in total. The molecule has 0 aliphatic heterocycles. The third kappa shape index (κ3) is 3.42. The van der Waals surface area contributed by atoms with Crippen LogP contribution < -0.4 is 5.32 Å². The van der Waals surface area contributed by atoms with Gasteiger partial charge in [0, 0.05) is 6.04 Å². The SMILES string of the molecule is CCC1CCCCC1NC(C)c1ccc(C(=O)OC)o1. The molecule has 2 rings (SSSR count). The fraction of sp³-hybridized carbons (Fsp3) is 0.688. The number of nitrogens with one attached hydrogen (secondary N) is 1. The molecule has 20 heavy (non-hydrogen) atoms. The predicted molar refractivity (Wildman–Crippen MR) is 77.6 cm³/mol. The summed E-state index contributed by atoms with van der Waals surface area (Å²) in [4.78, 5) is 11.4. The summed E-state index contributed by atoms with van der Waals surface area (Å²) in [5.74, 6) is 1.39. The molecule has 3 unspecified atom stereocenters. The molecule has 3 atom stereocenters. The quantitative estimate of drug-likeness (QED) is 0.835. The van der Waals surface area contributed by atoms with Gasteiger partial charge >= 0.3 is 5.97 Å². The lowest BCUT2D eigenvalue weighted by molar-refractivity contribution is 0.0561. The highest BCUT2D eigenvalue weighted by atomic mass is 16.5. The normalized spacial score (nSPS) is 24.4. The second-order valence-corrected chi connectivity index (χ2v) is 5.64. The molecule has 1 heterocycles. The Balaban J connectivity index is 1.98. The van der Waals surface area contributed by atoms with Gasteiger partial charge in [-0.1, -0.05) is 26.2 Å². The molecule has 1 fully saturated rings. The van der Waals surface area contributed by atoms with Crippen LogP contribution in [0.1, 0.15) is 68.3 Å². The van der Waals surface area contributed by atoms with Gasteiger partial charge in [0.25, 0.3) is 0 Å². The predicted octanol–water partition coefficient (Wildman–Crippen LogP) is 3.69. The summed E-state index contributed by atoms with van der Waals surface area (Å²) in [5.41, 5.74) is 0. The van der Waals surface area contributed by atoms with Crippen molar-refractivity contribution in [3.63, 3.8) is 0 Å². The van der Waals surface area contributed by atoms with E-state index < -0.39 is 5.97 Å². The molecule has 1 N–H and O–H groups in total. The van der Waals surface area contributed by atoms with Crippen molar-refractivity contribution in [2.45, 2.75) is 58.0 Å². The molecule has 0 spiro atoms. The largest absolute Gasteiger partial charge is 0.463 e. The zero-order valence-electron chi connectivity index (χ0n) is 12.6. The van der Waals surface area contributed by atoms with E-state index in [2.05, 4.69) is 23.9 Å². The van der Waals surface area contributed by atoms with Crippen molar-refractivity contribution in [1.29, 1.82) is 0 Å². The van der Waals surface area contributed by atoms with Gasteiger partial charge in [-0.25, -0.2) is 4.79 Å². The van der Waals surface area contributed by atoms with Gasteiger partial charge in [-0.15, -0.1) is 0 Å². The third-order valence-corrected chi connectivity index (χ3v) is 4.34. The van der Waals surface area contributed by atoms with Crippen LogP contribution >= 0.6 is 0 Å². The summed E-state index contributed by atoms with van der Waals surface area (Å²) in [6, 6.07) is 4.20. The number of furan rings is 1. The summed E-state index contributed by atoms with van der Waals surface area (Å²) in [6.07, 6.45) is 6.40. The molecule has 1 aliphatic rings. The number of hydrogen-bond acceptors (Lipinski definition) is 4. The lowest BCUT2D eigenvalue weighted by Crippen LogP contribution is -2.39. The fourth-order valence-corrected chi connectivity index (χ4v) is 3.11. The Hall–Kier alpha value is -1.29. The second kappa shape index (κ2) is 6.93. The number of carbonyl (C=O) groups excluding carboxylic acids is 1. The highest BCUT2D eigenvalue weighted by Crippen LogP contribution is 2.29. The van der Waals surface area contributed by atoms with Crippen molar-refractivity contribution in [2.24, 2.45) is 5.92 Å². The van der Waals surface area contributed by atoms with Crippen LogP contribution in [0.3, 0.4) is 0 Å². The highest BCUT2D eigenvalue weighted by Gasteiger charge is 2.26. The van der Waals surface area contributed by atoms with Gasteiger partial charge in [-0.3, -0.25) is 0 Å². The standard InChI is InChI=1S/C16H25NO3/c1-4-12-7-5-6-8-13(12)17-11(2)14-9-10-15(20-14)16(18)19-3/h9-13,17H,4-8H2,1-3H3. The summed E-state index contributed by atoms with van der Waals surface area (Å²) in [7, 11) is 1.36. The minimum absolute atomic E-state index is 0.116. The van der Waals surface area contributed by atoms with Crippen LogP contribution in [0.15, 0.2) is 16.5 Å². The minimum atomic E-state index is -0.424. The molecule has 4 heteroatoms. The summed E-state index contributed by atoms with van der Waals surface area (Å²) in [5, 5.41) is 3.66. The first kappa shape index (κ1) is 15.1. The lowest BCUT2D eigenvalue weighted by atomic mass is 9.82. The highest BCUT2D eigenvalue weighted by molar-refractivity contribution is 5.86. The van der Waals surface area contributed by atoms with Gasteiger partial charge in [-0.05, 0) is 37.8 Å². The molecule has 1 aromatic rings. The van der Waals surface area contributed by atoms with Gasteiger partial charge in [0.15, 0.2) is 0 Å². The van der Waals surface area contributed by atoms with E-state index in [1.807, 2.05) is 6.07 Å². The summed E-state index contributed by atoms with van der Waals surface area (Å²) in [6.45, 7) is 4.35. The second-order valence-electron chi connectivity index (χ2n) is 5.64. The van der Waals surface area contributed by atoms with Crippen molar-refractivity contribution >= 4 is 5.97 Å². The van der Waals surface area contributed by atoms with E-state index in [-0.39, 0.29) is 11.8 Å². The molecule has 1 saturated carbocycles. The average molecular weight is 279 g/mol. The first-order chi connectivity index (χ1) is 9.65. The van der Waals surface area contributed by atoms with E-state index in [0.717, 1.165) is 11.7 Å². The van der Waals surface area contributed by atoms with Crippen molar-refractivity contribution in [3.8, 4) is 0 Å². The van der Waals surface area contributed by atoms with Gasteiger partial charge in [0.05, 0.1) is 13.2 Å². The van der Waals surface area contributed by atoms with Crippen LogP contribution in [0, 0.1) is 5.92 Å². The Bertz CT molecular complexity index is 441. The van der Waals surface area contributed by atoms with Crippen molar-refractivity contribution in [2.75, 3.05) is 7.11 Å². The maximum atomic E-state index is 11.4. The van der Waals surface area contributed by atoms with Crippen LogP contribution in [0.4, 0.5) is 0 Å². The van der Waals surface area contributed by atoms with Crippen LogP contribution in [-0.4, -0.2) is 19.1 Å². The van der Waals surface area contributed by atoms with Crippen molar-refractivity contribution < 1.29 is 13.9 Å². The Labute approximate surface area is 120 Å². The van der Waals surface area contributed by atoms with Crippen LogP contribution in [0.25, 0.3) is 0 Å². The molecule has 1 aromatic heterocycles. The zero-order valence-corrected chi connectivity index (χ0v) is 12.6. The van der Waals surface area contributed by atoms with E-state index in [1.54, 1.807) is 6.07 Å². The number of esters is 1. The van der Waals surface area contributed by atoms with Gasteiger partial charge in [0.1, 0.15) is 5.76 Å². The monoisotopic (exact) mass is 279 g/mol. The van der Waals surface area contributed by atoms with Gasteiger partial charge < -0.3 is 14.5 Å². The van der Waals surface area contributed by atoms with Gasteiger partial charge in [-0.2, -0.15) is 0 Å². The van der Waals surface area contributed by atoms with Crippen molar-refractivity contribution in [1.82, 2.24) is 5.32 Å². The molecule has 1 aliphatic carbocycles. The Morgan fingerprint density at radius 3 is 2.90 bits per heavy atom. The number of ether oxygens (including phenoxy) is 1. The Kier molecular flexibility index (Phi) is 5.24. The molecule has 0 radical (unpaired) electrons. The first-order valence-corrected chi connectivity index (χ1v) is 7.59. The van der Waals surface area contributed by atoms with E-state index in [1.165, 1.54) is 39.2 Å². The van der Waals surface area contributed by atoms with Gasteiger partial charge in [0.2, 0.25) is 5.76 Å². The fourth-order valence-electron chi connectivity index (χ4n) is 3.11. The van der Waals surface area contributed by atoms with Crippen LogP contribution in [0.2, 0.25) is 0 Å². The molecule has 0 bridgehead atoms. The summed E-state index contributed by atoms with van der Waals surface area (Å²) < 4.78 is 10.2. The van der Waals surface area contributed by atoms with Crippen LogP contribution in [-0.2, 0) is 4.74 Å². The maximum absolute atomic E-state index is 11.4. The van der Waals surface area contributed by atoms with E-state index in [0.29, 0.717) is 6.04 Å².